The number of amides is 1. The molecule has 5 nitrogen and oxygen atoms in total. The zero-order valence-electron chi connectivity index (χ0n) is 10.4. The third-order valence-corrected chi connectivity index (χ3v) is 2.94. The summed E-state index contributed by atoms with van der Waals surface area (Å²) in [6.45, 7) is 7.28. The molecule has 0 saturated carbocycles. The van der Waals surface area contributed by atoms with Crippen LogP contribution in [0.1, 0.15) is 27.2 Å². The molecule has 0 aliphatic carbocycles. The molecule has 0 aromatic carbocycles. The number of hydrogen-bond donors (Lipinski definition) is 1. The summed E-state index contributed by atoms with van der Waals surface area (Å²) >= 11 is 0. The average Bonchev–Trinajstić information content (AvgIpc) is 2.09. The maximum absolute atomic E-state index is 12.1. The van der Waals surface area contributed by atoms with Crippen LogP contribution in [-0.4, -0.2) is 58.5 Å². The van der Waals surface area contributed by atoms with Crippen LogP contribution >= 0.6 is 0 Å². The molecule has 92 valence electrons. The molecule has 0 bridgehead atoms. The minimum absolute atomic E-state index is 0.0800. The smallest absolute Gasteiger partial charge is 0.305 e. The molecule has 1 fully saturated rings. The Bertz CT molecular complexity index is 296. The zero-order chi connectivity index (χ0) is 12.5. The predicted molar refractivity (Wildman–Crippen MR) is 60.1 cm³/mol. The normalized spacial score (nSPS) is 23.6. The second kappa shape index (κ2) is 4.41. The van der Waals surface area contributed by atoms with Crippen molar-refractivity contribution in [1.29, 1.82) is 0 Å². The molecular weight excluding hydrogens is 208 g/mol. The van der Waals surface area contributed by atoms with Crippen molar-refractivity contribution in [2.24, 2.45) is 0 Å². The van der Waals surface area contributed by atoms with E-state index < -0.39 is 12.0 Å². The third-order valence-electron chi connectivity index (χ3n) is 2.94. The molecule has 16 heavy (non-hydrogen) atoms. The molecule has 1 aliphatic rings. The van der Waals surface area contributed by atoms with Crippen LogP contribution in [0.25, 0.3) is 0 Å². The number of carboxylic acids is 1. The summed E-state index contributed by atoms with van der Waals surface area (Å²) in [5.41, 5.74) is -0.241. The lowest BCUT2D eigenvalue weighted by Crippen LogP contribution is -2.61. The van der Waals surface area contributed by atoms with Crippen LogP contribution in [-0.2, 0) is 9.59 Å². The van der Waals surface area contributed by atoms with E-state index in [1.165, 1.54) is 0 Å². The van der Waals surface area contributed by atoms with E-state index in [2.05, 4.69) is 0 Å². The number of carboxylic acid groups (broad SMARTS) is 1. The average molecular weight is 228 g/mol. The molecule has 1 N–H and O–H groups in total. The van der Waals surface area contributed by atoms with Crippen LogP contribution in [0.15, 0.2) is 0 Å². The number of likely N-dealkylation sites (N-methyl/N-ethyl adjacent to an activating group) is 1. The van der Waals surface area contributed by atoms with E-state index in [0.717, 1.165) is 6.54 Å². The van der Waals surface area contributed by atoms with Crippen molar-refractivity contribution < 1.29 is 14.7 Å². The van der Waals surface area contributed by atoms with E-state index in [1.54, 1.807) is 11.9 Å². The molecule has 1 unspecified atom stereocenters. The lowest BCUT2D eigenvalue weighted by molar-refractivity contribution is -0.152. The molecule has 1 aliphatic heterocycles. The van der Waals surface area contributed by atoms with Gasteiger partial charge in [-0.3, -0.25) is 14.5 Å². The summed E-state index contributed by atoms with van der Waals surface area (Å²) in [5, 5.41) is 8.79. The van der Waals surface area contributed by atoms with Crippen molar-refractivity contribution in [3.05, 3.63) is 0 Å². The number of piperazine rings is 1. The molecule has 1 heterocycles. The lowest BCUT2D eigenvalue weighted by atomic mass is 10.00. The maximum atomic E-state index is 12.1. The number of hydrogen-bond acceptors (Lipinski definition) is 3. The minimum atomic E-state index is -0.930. The van der Waals surface area contributed by atoms with E-state index in [9.17, 15) is 9.59 Å². The van der Waals surface area contributed by atoms with Gasteiger partial charge in [0.25, 0.3) is 0 Å². The molecule has 1 saturated heterocycles. The molecule has 1 atom stereocenters. The highest BCUT2D eigenvalue weighted by atomic mass is 16.4. The van der Waals surface area contributed by atoms with Crippen LogP contribution in [0, 0.1) is 0 Å². The largest absolute Gasteiger partial charge is 0.481 e. The zero-order valence-corrected chi connectivity index (χ0v) is 10.4. The Morgan fingerprint density at radius 1 is 1.44 bits per heavy atom. The van der Waals surface area contributed by atoms with Gasteiger partial charge in [0, 0.05) is 18.6 Å². The summed E-state index contributed by atoms with van der Waals surface area (Å²) in [4.78, 5) is 26.4. The summed E-state index contributed by atoms with van der Waals surface area (Å²) in [5.74, 6) is -1.01. The molecule has 0 aromatic rings. The first-order chi connectivity index (χ1) is 7.23. The van der Waals surface area contributed by atoms with Gasteiger partial charge in [-0.1, -0.05) is 0 Å². The van der Waals surface area contributed by atoms with Gasteiger partial charge in [0.15, 0.2) is 0 Å². The molecule has 1 rings (SSSR count). The Morgan fingerprint density at radius 2 is 2.00 bits per heavy atom. The van der Waals surface area contributed by atoms with E-state index in [-0.39, 0.29) is 17.9 Å². The van der Waals surface area contributed by atoms with Crippen LogP contribution in [0.4, 0.5) is 0 Å². The van der Waals surface area contributed by atoms with Gasteiger partial charge in [0.2, 0.25) is 5.91 Å². The van der Waals surface area contributed by atoms with E-state index in [0.29, 0.717) is 6.54 Å². The van der Waals surface area contributed by atoms with Crippen molar-refractivity contribution in [1.82, 2.24) is 9.80 Å². The van der Waals surface area contributed by atoms with Crippen molar-refractivity contribution in [2.45, 2.75) is 38.8 Å². The Hall–Kier alpha value is -1.10. The van der Waals surface area contributed by atoms with Gasteiger partial charge in [0.1, 0.15) is 0 Å². The third kappa shape index (κ3) is 2.72. The molecule has 0 radical (unpaired) electrons. The highest BCUT2D eigenvalue weighted by molar-refractivity contribution is 5.87. The number of nitrogens with zero attached hydrogens (tertiary/aromatic N) is 2. The summed E-state index contributed by atoms with van der Waals surface area (Å²) in [7, 11) is 1.80. The molecule has 0 spiro atoms. The van der Waals surface area contributed by atoms with Crippen molar-refractivity contribution in [2.75, 3.05) is 20.1 Å². The Balaban J connectivity index is 2.83. The molecular formula is C11H20N2O3. The van der Waals surface area contributed by atoms with E-state index in [1.807, 2.05) is 25.7 Å². The van der Waals surface area contributed by atoms with Crippen molar-refractivity contribution >= 4 is 11.9 Å². The number of carbonyl (C=O) groups excluding carboxylic acids is 1. The Labute approximate surface area is 96.0 Å². The second-order valence-electron chi connectivity index (χ2n) is 5.25. The monoisotopic (exact) mass is 228 g/mol. The van der Waals surface area contributed by atoms with Crippen LogP contribution in [0.3, 0.4) is 0 Å². The summed E-state index contributed by atoms with van der Waals surface area (Å²) < 4.78 is 0. The fourth-order valence-corrected chi connectivity index (χ4v) is 1.97. The highest BCUT2D eigenvalue weighted by Gasteiger charge is 2.38. The standard InChI is InChI=1S/C11H20N2O3/c1-11(2,3)13-6-5-12(4)8(10(13)16)7-9(14)15/h8H,5-7H2,1-4H3,(H,14,15). The predicted octanol–water partition coefficient (Wildman–Crippen LogP) is 0.402. The van der Waals surface area contributed by atoms with Crippen molar-refractivity contribution in [3.8, 4) is 0 Å². The van der Waals surface area contributed by atoms with Gasteiger partial charge in [-0.25, -0.2) is 0 Å². The summed E-state index contributed by atoms with van der Waals surface area (Å²) in [6.07, 6.45) is -0.123. The summed E-state index contributed by atoms with van der Waals surface area (Å²) in [6, 6.07) is -0.523. The Morgan fingerprint density at radius 3 is 2.44 bits per heavy atom. The number of aliphatic carboxylic acids is 1. The van der Waals surface area contributed by atoms with Crippen LogP contribution in [0.5, 0.6) is 0 Å². The fraction of sp³-hybridized carbons (Fsp3) is 0.818. The van der Waals surface area contributed by atoms with Gasteiger partial charge in [-0.05, 0) is 27.8 Å². The van der Waals surface area contributed by atoms with E-state index in [4.69, 9.17) is 5.11 Å². The highest BCUT2D eigenvalue weighted by Crippen LogP contribution is 2.21. The second-order valence-corrected chi connectivity index (χ2v) is 5.25. The van der Waals surface area contributed by atoms with Gasteiger partial charge < -0.3 is 10.0 Å². The molecule has 5 heteroatoms. The minimum Gasteiger partial charge on any atom is -0.481 e. The van der Waals surface area contributed by atoms with Gasteiger partial charge in [-0.15, -0.1) is 0 Å². The van der Waals surface area contributed by atoms with Gasteiger partial charge in [0.05, 0.1) is 12.5 Å². The Kier molecular flexibility index (Phi) is 3.57. The first-order valence-corrected chi connectivity index (χ1v) is 5.47. The topological polar surface area (TPSA) is 60.9 Å². The van der Waals surface area contributed by atoms with Crippen molar-refractivity contribution in [3.63, 3.8) is 0 Å². The maximum Gasteiger partial charge on any atom is 0.305 e. The lowest BCUT2D eigenvalue weighted by Gasteiger charge is -2.44. The molecule has 1 amide bonds. The first kappa shape index (κ1) is 13.0. The number of rotatable bonds is 2. The van der Waals surface area contributed by atoms with Crippen LogP contribution < -0.4 is 0 Å². The molecule has 0 aromatic heterocycles. The van der Waals surface area contributed by atoms with Gasteiger partial charge >= 0.3 is 5.97 Å². The quantitative estimate of drug-likeness (QED) is 0.743. The first-order valence-electron chi connectivity index (χ1n) is 5.47. The van der Waals surface area contributed by atoms with Crippen LogP contribution in [0.2, 0.25) is 0 Å². The van der Waals surface area contributed by atoms with Gasteiger partial charge in [-0.2, -0.15) is 0 Å². The fourth-order valence-electron chi connectivity index (χ4n) is 1.97. The SMILES string of the molecule is CN1CCN(C(C)(C)C)C(=O)C1CC(=O)O. The number of carbonyl (C=O) groups is 2. The van der Waals surface area contributed by atoms with E-state index >= 15 is 0 Å².